The highest BCUT2D eigenvalue weighted by molar-refractivity contribution is 8.24. The van der Waals surface area contributed by atoms with Crippen molar-refractivity contribution in [2.24, 2.45) is 4.40 Å². The van der Waals surface area contributed by atoms with Gasteiger partial charge >= 0.3 is 0 Å². The van der Waals surface area contributed by atoms with Crippen LogP contribution in [0.3, 0.4) is 0 Å². The number of ether oxygens (including phenoxy) is 1. The maximum atomic E-state index is 11.0. The number of para-hydroxylation sites is 1. The number of hydrogen-bond acceptors (Lipinski definition) is 4. The molecule has 0 radical (unpaired) electrons. The van der Waals surface area contributed by atoms with Crippen LogP contribution in [-0.4, -0.2) is 18.7 Å². The Morgan fingerprint density at radius 1 is 1.31 bits per heavy atom. The third-order valence-electron chi connectivity index (χ3n) is 1.65. The average Bonchev–Trinajstić information content (AvgIpc) is 2.52. The quantitative estimate of drug-likeness (QED) is 0.800. The van der Waals surface area contributed by atoms with Crippen LogP contribution in [0.25, 0.3) is 0 Å². The summed E-state index contributed by atoms with van der Waals surface area (Å²) in [6.45, 7) is 0. The van der Waals surface area contributed by atoms with Gasteiger partial charge in [0.25, 0.3) is 15.3 Å². The molecule has 16 heavy (non-hydrogen) atoms. The number of hydrogen-bond donors (Lipinski definition) is 0. The first kappa shape index (κ1) is 12.0. The van der Waals surface area contributed by atoms with E-state index >= 15 is 0 Å². The van der Waals surface area contributed by atoms with Gasteiger partial charge in [-0.15, -0.1) is 4.40 Å². The van der Waals surface area contributed by atoms with Crippen LogP contribution in [0, 0.1) is 0 Å². The van der Waals surface area contributed by atoms with E-state index in [9.17, 15) is 8.42 Å². The average molecular weight is 298 g/mol. The summed E-state index contributed by atoms with van der Waals surface area (Å²) in [5.74, 6) is 0.217. The molecule has 0 aliphatic carbocycles. The zero-order chi connectivity index (χ0) is 11.8. The molecule has 1 heterocycles. The number of benzene rings is 1. The first-order chi connectivity index (χ1) is 7.48. The second-order valence-corrected chi connectivity index (χ2v) is 6.60. The minimum absolute atomic E-state index is 0.0370. The monoisotopic (exact) mass is 297 g/mol. The smallest absolute Gasteiger partial charge is 0.268 e. The van der Waals surface area contributed by atoms with E-state index < -0.39 is 10.0 Å². The van der Waals surface area contributed by atoms with E-state index in [4.69, 9.17) is 27.9 Å². The van der Waals surface area contributed by atoms with Crippen LogP contribution in [0.5, 0.6) is 5.75 Å². The second-order valence-electron chi connectivity index (χ2n) is 2.85. The van der Waals surface area contributed by atoms with Crippen molar-refractivity contribution < 1.29 is 13.2 Å². The van der Waals surface area contributed by atoms with Gasteiger partial charge in [0.05, 0.1) is 10.0 Å². The molecule has 0 fully saturated rings. The lowest BCUT2D eigenvalue weighted by atomic mass is 10.3. The zero-order valence-electron chi connectivity index (χ0n) is 7.68. The molecule has 2 rings (SSSR count). The maximum absolute atomic E-state index is 11.0. The van der Waals surface area contributed by atoms with Crippen molar-refractivity contribution in [2.75, 3.05) is 5.08 Å². The first-order valence-electron chi connectivity index (χ1n) is 4.05. The molecule has 1 aromatic rings. The van der Waals surface area contributed by atoms with E-state index in [0.717, 1.165) is 11.8 Å². The summed E-state index contributed by atoms with van der Waals surface area (Å²) in [7, 11) is -3.40. The molecule has 8 heteroatoms. The standard InChI is InChI=1S/C8H5Cl2NO3S2/c9-5-2-1-3-6(10)7(5)14-8-11-16(12,13)4-15-8/h1-3H,4H2. The Balaban J connectivity index is 2.29. The molecular formula is C8H5Cl2NO3S2. The molecule has 86 valence electrons. The topological polar surface area (TPSA) is 55.7 Å². The van der Waals surface area contributed by atoms with E-state index in [1.807, 2.05) is 0 Å². The van der Waals surface area contributed by atoms with E-state index in [2.05, 4.69) is 4.40 Å². The van der Waals surface area contributed by atoms with Gasteiger partial charge in [-0.3, -0.25) is 0 Å². The van der Waals surface area contributed by atoms with Crippen molar-refractivity contribution in [1.82, 2.24) is 0 Å². The molecule has 0 saturated heterocycles. The van der Waals surface area contributed by atoms with Gasteiger partial charge in [0, 0.05) is 0 Å². The zero-order valence-corrected chi connectivity index (χ0v) is 10.8. The molecule has 0 N–H and O–H groups in total. The lowest BCUT2D eigenvalue weighted by Gasteiger charge is -2.06. The minimum atomic E-state index is -3.40. The number of rotatable bonds is 1. The summed E-state index contributed by atoms with van der Waals surface area (Å²) in [5.41, 5.74) is 0. The Kier molecular flexibility index (Phi) is 3.34. The summed E-state index contributed by atoms with van der Waals surface area (Å²) >= 11 is 12.7. The highest BCUT2D eigenvalue weighted by Crippen LogP contribution is 2.34. The van der Waals surface area contributed by atoms with Gasteiger partial charge < -0.3 is 4.74 Å². The fourth-order valence-electron chi connectivity index (χ4n) is 1.01. The predicted molar refractivity (Wildman–Crippen MR) is 65.9 cm³/mol. The molecule has 0 saturated carbocycles. The summed E-state index contributed by atoms with van der Waals surface area (Å²) in [6.07, 6.45) is 0. The molecular weight excluding hydrogens is 293 g/mol. The van der Waals surface area contributed by atoms with Crippen molar-refractivity contribution >= 4 is 50.2 Å². The number of thioether (sulfide) groups is 1. The fraction of sp³-hybridized carbons (Fsp3) is 0.125. The summed E-state index contributed by atoms with van der Waals surface area (Å²) in [4.78, 5) is 0. The Labute approximate surface area is 107 Å². The molecule has 1 aromatic carbocycles. The summed E-state index contributed by atoms with van der Waals surface area (Å²) < 4.78 is 30.7. The number of sulfonamides is 1. The predicted octanol–water partition coefficient (Wildman–Crippen LogP) is 2.76. The molecule has 1 aliphatic heterocycles. The molecule has 0 amide bonds. The molecule has 4 nitrogen and oxygen atoms in total. The lowest BCUT2D eigenvalue weighted by Crippen LogP contribution is -2.01. The lowest BCUT2D eigenvalue weighted by molar-refractivity contribution is 0.566. The minimum Gasteiger partial charge on any atom is -0.430 e. The molecule has 1 aliphatic rings. The Morgan fingerprint density at radius 3 is 2.44 bits per heavy atom. The van der Waals surface area contributed by atoms with E-state index in [0.29, 0.717) is 10.0 Å². The molecule has 0 unspecified atom stereocenters. The van der Waals surface area contributed by atoms with Gasteiger partial charge in [0.15, 0.2) is 5.75 Å². The summed E-state index contributed by atoms with van der Waals surface area (Å²) in [5, 5.41) is 0.528. The third kappa shape index (κ3) is 2.63. The molecule has 0 bridgehead atoms. The highest BCUT2D eigenvalue weighted by atomic mass is 35.5. The van der Waals surface area contributed by atoms with Crippen LogP contribution in [0.1, 0.15) is 0 Å². The van der Waals surface area contributed by atoms with Crippen molar-refractivity contribution in [3.63, 3.8) is 0 Å². The van der Waals surface area contributed by atoms with E-state index in [1.54, 1.807) is 18.2 Å². The van der Waals surface area contributed by atoms with Crippen LogP contribution in [0.15, 0.2) is 22.6 Å². The van der Waals surface area contributed by atoms with Crippen LogP contribution >= 0.6 is 35.0 Å². The van der Waals surface area contributed by atoms with Gasteiger partial charge in [-0.25, -0.2) is 8.42 Å². The molecule has 0 atom stereocenters. The Morgan fingerprint density at radius 2 is 1.94 bits per heavy atom. The van der Waals surface area contributed by atoms with E-state index in [-0.39, 0.29) is 16.1 Å². The van der Waals surface area contributed by atoms with Crippen LogP contribution in [0.4, 0.5) is 0 Å². The largest absolute Gasteiger partial charge is 0.430 e. The van der Waals surface area contributed by atoms with Crippen molar-refractivity contribution in [2.45, 2.75) is 0 Å². The normalized spacial score (nSPS) is 18.2. The SMILES string of the molecule is O=S1(=O)CSC(Oc2c(Cl)cccc2Cl)=N1. The van der Waals surface area contributed by atoms with Gasteiger partial charge in [-0.1, -0.05) is 29.3 Å². The fourth-order valence-corrected chi connectivity index (χ4v) is 3.65. The summed E-state index contributed by atoms with van der Waals surface area (Å²) in [6, 6.07) is 4.85. The Hall–Kier alpha value is -0.430. The van der Waals surface area contributed by atoms with Crippen LogP contribution in [-0.2, 0) is 10.0 Å². The van der Waals surface area contributed by atoms with Crippen molar-refractivity contribution in [3.8, 4) is 5.75 Å². The van der Waals surface area contributed by atoms with Crippen LogP contribution < -0.4 is 4.74 Å². The number of halogens is 2. The number of nitrogens with zero attached hydrogens (tertiary/aromatic N) is 1. The Bertz CT molecular complexity index is 536. The first-order valence-corrected chi connectivity index (χ1v) is 7.40. The highest BCUT2D eigenvalue weighted by Gasteiger charge is 2.24. The maximum Gasteiger partial charge on any atom is 0.268 e. The third-order valence-corrected chi connectivity index (χ3v) is 4.89. The van der Waals surface area contributed by atoms with Crippen molar-refractivity contribution in [1.29, 1.82) is 0 Å². The van der Waals surface area contributed by atoms with Gasteiger partial charge in [0.2, 0.25) is 0 Å². The van der Waals surface area contributed by atoms with Crippen molar-refractivity contribution in [3.05, 3.63) is 28.2 Å². The van der Waals surface area contributed by atoms with Gasteiger partial charge in [0.1, 0.15) is 5.08 Å². The van der Waals surface area contributed by atoms with E-state index in [1.165, 1.54) is 0 Å². The van der Waals surface area contributed by atoms with Gasteiger partial charge in [-0.05, 0) is 23.9 Å². The van der Waals surface area contributed by atoms with Gasteiger partial charge in [-0.2, -0.15) is 0 Å². The molecule has 0 aromatic heterocycles. The molecule has 0 spiro atoms. The van der Waals surface area contributed by atoms with Crippen LogP contribution in [0.2, 0.25) is 10.0 Å². The second kappa shape index (κ2) is 4.44.